The molecule has 8 aromatic carbocycles. The molecule has 0 radical (unpaired) electrons. The first-order chi connectivity index (χ1) is 26.5. The van der Waals surface area contributed by atoms with Crippen molar-refractivity contribution in [2.45, 2.75) is 24.7 Å². The maximum atomic E-state index is 6.73. The summed E-state index contributed by atoms with van der Waals surface area (Å²) in [6, 6.07) is 68.8. The normalized spacial score (nSPS) is 16.2. The lowest BCUT2D eigenvalue weighted by atomic mass is 9.67. The van der Waals surface area contributed by atoms with Crippen molar-refractivity contribution in [3.05, 3.63) is 221 Å². The van der Waals surface area contributed by atoms with Crippen LogP contribution in [0.15, 0.2) is 192 Å². The fourth-order valence-electron chi connectivity index (χ4n) is 9.73. The zero-order chi connectivity index (χ0) is 36.0. The van der Waals surface area contributed by atoms with Gasteiger partial charge in [-0.1, -0.05) is 159 Å². The van der Waals surface area contributed by atoms with Crippen LogP contribution in [-0.4, -0.2) is 0 Å². The van der Waals surface area contributed by atoms with E-state index in [2.05, 4.69) is 207 Å². The lowest BCUT2D eigenvalue weighted by Crippen LogP contribution is -2.28. The summed E-state index contributed by atoms with van der Waals surface area (Å²) in [5, 5.41) is 2.30. The monoisotopic (exact) mass is 691 g/mol. The van der Waals surface area contributed by atoms with Crippen molar-refractivity contribution in [2.24, 2.45) is 0 Å². The van der Waals surface area contributed by atoms with Crippen molar-refractivity contribution in [3.63, 3.8) is 0 Å². The van der Waals surface area contributed by atoms with Crippen LogP contribution < -0.4 is 4.90 Å². The zero-order valence-electron chi connectivity index (χ0n) is 30.3. The Bertz CT molecular complexity index is 2900. The minimum Gasteiger partial charge on any atom is -0.455 e. The summed E-state index contributed by atoms with van der Waals surface area (Å²) in [4.78, 5) is 2.40. The van der Waals surface area contributed by atoms with Gasteiger partial charge in [-0.3, -0.25) is 0 Å². The Hall–Kier alpha value is -6.64. The Kier molecular flexibility index (Phi) is 6.55. The molecule has 0 spiro atoms. The number of nitrogens with zero attached hydrogens (tertiary/aromatic N) is 1. The highest BCUT2D eigenvalue weighted by molar-refractivity contribution is 6.12. The van der Waals surface area contributed by atoms with E-state index in [0.29, 0.717) is 0 Å². The van der Waals surface area contributed by atoms with Crippen molar-refractivity contribution in [1.29, 1.82) is 0 Å². The summed E-state index contributed by atoms with van der Waals surface area (Å²) in [7, 11) is 0. The Morgan fingerprint density at radius 1 is 0.407 bits per heavy atom. The second kappa shape index (κ2) is 11.4. The molecule has 0 N–H and O–H groups in total. The number of hydrogen-bond donors (Lipinski definition) is 0. The zero-order valence-corrected chi connectivity index (χ0v) is 30.3. The third-order valence-corrected chi connectivity index (χ3v) is 12.2. The van der Waals surface area contributed by atoms with Crippen LogP contribution in [0, 0.1) is 0 Å². The molecular weight excluding hydrogens is 655 g/mol. The minimum atomic E-state index is -0.542. The first-order valence-corrected chi connectivity index (χ1v) is 18.9. The summed E-state index contributed by atoms with van der Waals surface area (Å²) in [5.41, 5.74) is 17.4. The smallest absolute Gasteiger partial charge is 0.143 e. The molecule has 1 heterocycles. The molecular formula is C52H37NO. The largest absolute Gasteiger partial charge is 0.455 e. The summed E-state index contributed by atoms with van der Waals surface area (Å²) < 4.78 is 6.73. The molecule has 11 rings (SSSR count). The van der Waals surface area contributed by atoms with Gasteiger partial charge in [0.25, 0.3) is 0 Å². The van der Waals surface area contributed by atoms with Gasteiger partial charge in [0.05, 0.1) is 5.41 Å². The highest BCUT2D eigenvalue weighted by Gasteiger charge is 2.47. The average Bonchev–Trinajstić information content (AvgIpc) is 3.83. The number of benzene rings is 8. The standard InChI is InChI=1S/C52H37NO/c1-51(2)44-22-12-9-19-39(44)40-30-29-38(33-47(40)51)53(36-17-7-4-8-18-36)37-27-25-35(26-28-37)52(34-15-5-3-6-16-34)45-23-13-10-21-43(45)49-46(52)32-31-42-41-20-11-14-24-48(41)54-50(42)49/h3-33H,1-2H3. The van der Waals surface area contributed by atoms with Crippen LogP contribution in [0.5, 0.6) is 0 Å². The fraction of sp³-hybridized carbons (Fsp3) is 0.0769. The van der Waals surface area contributed by atoms with E-state index in [4.69, 9.17) is 4.42 Å². The van der Waals surface area contributed by atoms with Gasteiger partial charge in [-0.15, -0.1) is 0 Å². The molecule has 9 aromatic rings. The number of furan rings is 1. The van der Waals surface area contributed by atoms with Crippen molar-refractivity contribution >= 4 is 39.0 Å². The van der Waals surface area contributed by atoms with Crippen LogP contribution in [-0.2, 0) is 10.8 Å². The van der Waals surface area contributed by atoms with Crippen molar-refractivity contribution in [1.82, 2.24) is 0 Å². The predicted molar refractivity (Wildman–Crippen MR) is 223 cm³/mol. The van der Waals surface area contributed by atoms with Crippen molar-refractivity contribution < 1.29 is 4.42 Å². The van der Waals surface area contributed by atoms with Crippen LogP contribution in [0.2, 0.25) is 0 Å². The molecule has 2 aliphatic carbocycles. The van der Waals surface area contributed by atoms with Crippen molar-refractivity contribution in [2.75, 3.05) is 4.90 Å². The van der Waals surface area contributed by atoms with E-state index < -0.39 is 5.41 Å². The Morgan fingerprint density at radius 2 is 1.00 bits per heavy atom. The van der Waals surface area contributed by atoms with Gasteiger partial charge in [0, 0.05) is 38.8 Å². The highest BCUT2D eigenvalue weighted by atomic mass is 16.3. The molecule has 0 fully saturated rings. The fourth-order valence-corrected chi connectivity index (χ4v) is 9.73. The first-order valence-electron chi connectivity index (χ1n) is 18.9. The summed E-state index contributed by atoms with van der Waals surface area (Å²) in [6.07, 6.45) is 0. The first kappa shape index (κ1) is 30.9. The number of para-hydroxylation sites is 2. The van der Waals surface area contributed by atoms with Crippen LogP contribution in [0.25, 0.3) is 44.2 Å². The molecule has 0 bridgehead atoms. The predicted octanol–water partition coefficient (Wildman–Crippen LogP) is 13.7. The third-order valence-electron chi connectivity index (χ3n) is 12.2. The maximum absolute atomic E-state index is 6.73. The lowest BCUT2D eigenvalue weighted by Gasteiger charge is -2.34. The van der Waals surface area contributed by atoms with E-state index in [0.717, 1.165) is 39.0 Å². The van der Waals surface area contributed by atoms with Crippen LogP contribution in [0.1, 0.15) is 47.2 Å². The quantitative estimate of drug-likeness (QED) is 0.179. The van der Waals surface area contributed by atoms with Crippen LogP contribution >= 0.6 is 0 Å². The molecule has 54 heavy (non-hydrogen) atoms. The minimum absolute atomic E-state index is 0.0925. The molecule has 1 aromatic heterocycles. The number of hydrogen-bond acceptors (Lipinski definition) is 2. The molecule has 2 aliphatic rings. The number of rotatable bonds is 5. The number of fused-ring (bicyclic) bond motifs is 10. The molecule has 2 heteroatoms. The lowest BCUT2D eigenvalue weighted by molar-refractivity contribution is 0.660. The molecule has 1 atom stereocenters. The van der Waals surface area contributed by atoms with E-state index in [9.17, 15) is 0 Å². The summed E-state index contributed by atoms with van der Waals surface area (Å²) in [6.45, 7) is 4.70. The van der Waals surface area contributed by atoms with E-state index in [-0.39, 0.29) is 5.41 Å². The third kappa shape index (κ3) is 4.17. The topological polar surface area (TPSA) is 16.4 Å². The van der Waals surface area contributed by atoms with Gasteiger partial charge in [-0.2, -0.15) is 0 Å². The average molecular weight is 692 g/mol. The highest BCUT2D eigenvalue weighted by Crippen LogP contribution is 2.59. The molecule has 256 valence electrons. The second-order valence-corrected chi connectivity index (χ2v) is 15.2. The Balaban J connectivity index is 1.12. The van der Waals surface area contributed by atoms with Crippen molar-refractivity contribution in [3.8, 4) is 22.3 Å². The molecule has 2 nitrogen and oxygen atoms in total. The van der Waals surface area contributed by atoms with E-state index in [1.807, 2.05) is 0 Å². The molecule has 0 saturated heterocycles. The second-order valence-electron chi connectivity index (χ2n) is 15.2. The van der Waals surface area contributed by atoms with Gasteiger partial charge < -0.3 is 9.32 Å². The van der Waals surface area contributed by atoms with E-state index >= 15 is 0 Å². The van der Waals surface area contributed by atoms with Gasteiger partial charge in [0.15, 0.2) is 0 Å². The molecule has 0 amide bonds. The van der Waals surface area contributed by atoms with Gasteiger partial charge >= 0.3 is 0 Å². The van der Waals surface area contributed by atoms with E-state index in [1.54, 1.807) is 0 Å². The maximum Gasteiger partial charge on any atom is 0.143 e. The van der Waals surface area contributed by atoms with Gasteiger partial charge in [-0.25, -0.2) is 0 Å². The summed E-state index contributed by atoms with van der Waals surface area (Å²) in [5.74, 6) is 0. The van der Waals surface area contributed by atoms with Crippen LogP contribution in [0.3, 0.4) is 0 Å². The van der Waals surface area contributed by atoms with Gasteiger partial charge in [-0.05, 0) is 92.5 Å². The Morgan fingerprint density at radius 3 is 1.80 bits per heavy atom. The van der Waals surface area contributed by atoms with E-state index in [1.165, 1.54) is 55.6 Å². The molecule has 0 aliphatic heterocycles. The SMILES string of the molecule is CC1(C)c2ccccc2-c2ccc(N(c3ccccc3)c3ccc(C4(c5ccccc5)c5ccccc5-c5c4ccc4c5oc5ccccc54)cc3)cc21. The Labute approximate surface area is 315 Å². The molecule has 0 saturated carbocycles. The van der Waals surface area contributed by atoms with Gasteiger partial charge in [0.2, 0.25) is 0 Å². The van der Waals surface area contributed by atoms with Gasteiger partial charge in [0.1, 0.15) is 11.2 Å². The molecule has 1 unspecified atom stereocenters. The number of anilines is 3. The van der Waals surface area contributed by atoms with Crippen LogP contribution in [0.4, 0.5) is 17.1 Å². The summed E-state index contributed by atoms with van der Waals surface area (Å²) >= 11 is 0.